The first-order valence-corrected chi connectivity index (χ1v) is 13.2. The normalized spacial score (nSPS) is 11.3. The van der Waals surface area contributed by atoms with Gasteiger partial charge in [-0.25, -0.2) is 4.83 Å². The quantitative estimate of drug-likeness (QED) is 0.215. The Balaban J connectivity index is 1.41. The summed E-state index contributed by atoms with van der Waals surface area (Å²) in [4.78, 5) is 14.7. The van der Waals surface area contributed by atoms with Crippen LogP contribution in [0.5, 0.6) is 17.2 Å². The summed E-state index contributed by atoms with van der Waals surface area (Å²) < 4.78 is 41.9. The number of ether oxygens (including phenoxy) is 3. The monoisotopic (exact) mass is 533 g/mol. The molecule has 0 aliphatic heterocycles. The van der Waals surface area contributed by atoms with Crippen molar-refractivity contribution >= 4 is 38.6 Å². The molecule has 9 nitrogen and oxygen atoms in total. The fourth-order valence-electron chi connectivity index (χ4n) is 3.63. The molecule has 0 aliphatic rings. The van der Waals surface area contributed by atoms with E-state index in [0.717, 1.165) is 10.8 Å². The zero-order chi connectivity index (χ0) is 27.0. The van der Waals surface area contributed by atoms with Gasteiger partial charge in [0.2, 0.25) is 0 Å². The average Bonchev–Trinajstić information content (AvgIpc) is 2.92. The molecular formula is C28H27N3O6S. The van der Waals surface area contributed by atoms with Crippen LogP contribution in [0.25, 0.3) is 10.8 Å². The Morgan fingerprint density at radius 3 is 2.42 bits per heavy atom. The van der Waals surface area contributed by atoms with Crippen LogP contribution >= 0.6 is 0 Å². The second-order valence-electron chi connectivity index (χ2n) is 8.04. The molecule has 1 amide bonds. The summed E-state index contributed by atoms with van der Waals surface area (Å²) >= 11 is 0. The molecule has 10 heteroatoms. The predicted molar refractivity (Wildman–Crippen MR) is 147 cm³/mol. The second-order valence-corrected chi connectivity index (χ2v) is 9.70. The van der Waals surface area contributed by atoms with Gasteiger partial charge in [-0.2, -0.15) is 13.5 Å². The molecule has 0 unspecified atom stereocenters. The number of carbonyl (C=O) groups is 1. The van der Waals surface area contributed by atoms with E-state index in [0.29, 0.717) is 35.1 Å². The number of sulfonamides is 1. The minimum Gasteiger partial charge on any atom is -0.495 e. The first kappa shape index (κ1) is 26.5. The number of rotatable bonds is 11. The molecule has 0 radical (unpaired) electrons. The van der Waals surface area contributed by atoms with E-state index in [1.165, 1.54) is 19.4 Å². The van der Waals surface area contributed by atoms with Crippen LogP contribution in [-0.2, 0) is 14.8 Å². The van der Waals surface area contributed by atoms with Gasteiger partial charge >= 0.3 is 0 Å². The topological polar surface area (TPSA) is 115 Å². The molecule has 4 aromatic carbocycles. The molecule has 4 rings (SSSR count). The van der Waals surface area contributed by atoms with Crippen LogP contribution < -0.4 is 24.4 Å². The highest BCUT2D eigenvalue weighted by atomic mass is 32.2. The number of hydrazone groups is 1. The highest BCUT2D eigenvalue weighted by molar-refractivity contribution is 7.89. The molecule has 0 heterocycles. The van der Waals surface area contributed by atoms with Crippen LogP contribution in [0.15, 0.2) is 94.9 Å². The van der Waals surface area contributed by atoms with Crippen molar-refractivity contribution < 1.29 is 27.4 Å². The van der Waals surface area contributed by atoms with Gasteiger partial charge in [0.05, 0.1) is 30.5 Å². The maximum Gasteiger partial charge on any atom is 0.276 e. The first-order valence-electron chi connectivity index (χ1n) is 11.8. The van der Waals surface area contributed by atoms with Crippen LogP contribution in [0, 0.1) is 0 Å². The molecule has 0 aliphatic carbocycles. The number of hydrogen-bond donors (Lipinski definition) is 2. The van der Waals surface area contributed by atoms with Gasteiger partial charge in [0.1, 0.15) is 5.75 Å². The zero-order valence-corrected chi connectivity index (χ0v) is 21.7. The van der Waals surface area contributed by atoms with E-state index < -0.39 is 10.0 Å². The molecular weight excluding hydrogens is 506 g/mol. The van der Waals surface area contributed by atoms with E-state index in [1.807, 2.05) is 31.2 Å². The lowest BCUT2D eigenvalue weighted by atomic mass is 10.1. The van der Waals surface area contributed by atoms with Crippen LogP contribution in [-0.4, -0.2) is 40.9 Å². The third kappa shape index (κ3) is 6.60. The van der Waals surface area contributed by atoms with E-state index in [1.54, 1.807) is 54.6 Å². The van der Waals surface area contributed by atoms with E-state index in [9.17, 15) is 13.2 Å². The predicted octanol–water partition coefficient (Wildman–Crippen LogP) is 4.58. The smallest absolute Gasteiger partial charge is 0.276 e. The third-order valence-corrected chi connectivity index (χ3v) is 6.65. The molecule has 0 saturated heterocycles. The number of benzene rings is 4. The van der Waals surface area contributed by atoms with Gasteiger partial charge in [0.25, 0.3) is 15.9 Å². The van der Waals surface area contributed by atoms with Crippen molar-refractivity contribution in [3.63, 3.8) is 0 Å². The van der Waals surface area contributed by atoms with Crippen LogP contribution in [0.2, 0.25) is 0 Å². The van der Waals surface area contributed by atoms with E-state index in [-0.39, 0.29) is 17.4 Å². The molecule has 0 fully saturated rings. The molecule has 0 saturated carbocycles. The highest BCUT2D eigenvalue weighted by Gasteiger charge is 2.14. The number of hydrogen-bond acceptors (Lipinski definition) is 7. The fourth-order valence-corrected chi connectivity index (χ4v) is 4.45. The van der Waals surface area contributed by atoms with Crippen LogP contribution in [0.1, 0.15) is 12.5 Å². The number of nitrogens with zero attached hydrogens (tertiary/aromatic N) is 1. The third-order valence-electron chi connectivity index (χ3n) is 5.43. The molecule has 4 aromatic rings. The first-order chi connectivity index (χ1) is 18.4. The lowest BCUT2D eigenvalue weighted by Gasteiger charge is -2.13. The van der Waals surface area contributed by atoms with Crippen molar-refractivity contribution in [3.05, 3.63) is 90.5 Å². The molecule has 196 valence electrons. The number of carbonyl (C=O) groups excluding carboxylic acids is 1. The van der Waals surface area contributed by atoms with Gasteiger partial charge in [0, 0.05) is 0 Å². The maximum atomic E-state index is 12.7. The number of amides is 1. The summed E-state index contributed by atoms with van der Waals surface area (Å²) in [5.74, 6) is 0.913. The van der Waals surface area contributed by atoms with Crippen molar-refractivity contribution in [1.82, 2.24) is 4.83 Å². The standard InChI is InChI=1S/C28H27N3O6S/c1-3-36-27-16-20(12-15-26(27)37-19-28(32)30-24-10-6-7-11-25(24)35-2)18-29-31-38(33,34)23-14-13-21-8-4-5-9-22(21)17-23/h4-18,31H,3,19H2,1-2H3,(H,30,32)/b29-18+. The van der Waals surface area contributed by atoms with Gasteiger partial charge in [-0.15, -0.1) is 0 Å². The largest absolute Gasteiger partial charge is 0.495 e. The molecule has 0 spiro atoms. The molecule has 0 atom stereocenters. The molecule has 2 N–H and O–H groups in total. The van der Waals surface area contributed by atoms with E-state index in [4.69, 9.17) is 14.2 Å². The Labute approximate surface area is 221 Å². The minimum atomic E-state index is -3.86. The van der Waals surface area contributed by atoms with Crippen molar-refractivity contribution in [1.29, 1.82) is 0 Å². The van der Waals surface area contributed by atoms with Crippen LogP contribution in [0.4, 0.5) is 5.69 Å². The Morgan fingerprint density at radius 1 is 0.868 bits per heavy atom. The lowest BCUT2D eigenvalue weighted by Crippen LogP contribution is -2.20. The van der Waals surface area contributed by atoms with Gasteiger partial charge in [-0.05, 0) is 65.7 Å². The van der Waals surface area contributed by atoms with Crippen molar-refractivity contribution in [2.75, 3.05) is 25.6 Å². The van der Waals surface area contributed by atoms with Gasteiger partial charge in [-0.1, -0.05) is 42.5 Å². The summed E-state index contributed by atoms with van der Waals surface area (Å²) in [7, 11) is -2.33. The number of para-hydroxylation sites is 2. The lowest BCUT2D eigenvalue weighted by molar-refractivity contribution is -0.118. The Hall–Kier alpha value is -4.57. The van der Waals surface area contributed by atoms with Crippen LogP contribution in [0.3, 0.4) is 0 Å². The van der Waals surface area contributed by atoms with Crippen molar-refractivity contribution in [3.8, 4) is 17.2 Å². The van der Waals surface area contributed by atoms with Gasteiger partial charge < -0.3 is 19.5 Å². The fraction of sp³-hybridized carbons (Fsp3) is 0.143. The highest BCUT2D eigenvalue weighted by Crippen LogP contribution is 2.28. The second kappa shape index (κ2) is 12.1. The van der Waals surface area contributed by atoms with Crippen molar-refractivity contribution in [2.45, 2.75) is 11.8 Å². The summed E-state index contributed by atoms with van der Waals surface area (Å²) in [6.07, 6.45) is 1.36. The maximum absolute atomic E-state index is 12.7. The SMILES string of the molecule is CCOc1cc(/C=N/NS(=O)(=O)c2ccc3ccccc3c2)ccc1OCC(=O)Nc1ccccc1OC. The van der Waals surface area contributed by atoms with Gasteiger partial charge in [-0.3, -0.25) is 4.79 Å². The Bertz CT molecular complexity index is 1570. The number of nitrogens with one attached hydrogen (secondary N) is 2. The van der Waals surface area contributed by atoms with Gasteiger partial charge in [0.15, 0.2) is 18.1 Å². The average molecular weight is 534 g/mol. The summed E-state index contributed by atoms with van der Waals surface area (Å²) in [5, 5.41) is 8.40. The molecule has 0 aromatic heterocycles. The van der Waals surface area contributed by atoms with E-state index in [2.05, 4.69) is 15.2 Å². The zero-order valence-electron chi connectivity index (χ0n) is 20.9. The number of anilines is 1. The summed E-state index contributed by atoms with van der Waals surface area (Å²) in [6.45, 7) is 1.92. The Morgan fingerprint density at radius 2 is 1.63 bits per heavy atom. The summed E-state index contributed by atoms with van der Waals surface area (Å²) in [5.41, 5.74) is 1.10. The van der Waals surface area contributed by atoms with E-state index >= 15 is 0 Å². The Kier molecular flexibility index (Phi) is 8.44. The number of methoxy groups -OCH3 is 1. The van der Waals surface area contributed by atoms with Crippen molar-refractivity contribution in [2.24, 2.45) is 5.10 Å². The number of fused-ring (bicyclic) bond motifs is 1. The summed E-state index contributed by atoms with van der Waals surface area (Å²) in [6, 6.07) is 24.4. The minimum absolute atomic E-state index is 0.110. The molecule has 38 heavy (non-hydrogen) atoms. The molecule has 0 bridgehead atoms.